The third-order valence-corrected chi connectivity index (χ3v) is 4.05. The molecular formula is C18H21F3O4. The Kier molecular flexibility index (Phi) is 5.65. The smallest absolute Gasteiger partial charge is 0.443 e. The van der Waals surface area contributed by atoms with Crippen molar-refractivity contribution < 1.29 is 32.2 Å². The molecule has 1 aromatic rings. The number of hydrogen-bond donors (Lipinski definition) is 0. The van der Waals surface area contributed by atoms with Crippen molar-refractivity contribution in [3.05, 3.63) is 35.4 Å². The number of benzene rings is 1. The summed E-state index contributed by atoms with van der Waals surface area (Å²) in [5.74, 6) is -0.751. The molecule has 1 heterocycles. The van der Waals surface area contributed by atoms with Crippen LogP contribution < -0.4 is 4.74 Å². The van der Waals surface area contributed by atoms with Crippen LogP contribution in [0.2, 0.25) is 0 Å². The van der Waals surface area contributed by atoms with Crippen molar-refractivity contribution in [2.75, 3.05) is 13.7 Å². The number of unbranched alkanes of at least 4 members (excludes halogenated alkanes) is 1. The highest BCUT2D eigenvalue weighted by atomic mass is 19.4. The molecule has 0 amide bonds. The molecule has 4 nitrogen and oxygen atoms in total. The first kappa shape index (κ1) is 19.1. The Labute approximate surface area is 144 Å². The van der Waals surface area contributed by atoms with Crippen LogP contribution in [-0.2, 0) is 14.3 Å². The van der Waals surface area contributed by atoms with Gasteiger partial charge in [0.25, 0.3) is 0 Å². The first-order valence-electron chi connectivity index (χ1n) is 8.12. The molecule has 7 heteroatoms. The van der Waals surface area contributed by atoms with E-state index in [1.165, 1.54) is 14.0 Å². The molecule has 1 aliphatic rings. The van der Waals surface area contributed by atoms with Gasteiger partial charge in [-0.25, -0.2) is 4.79 Å². The standard InChI is InChI=1S/C18H21F3O4/c1-4-6-7-14-15(12-8-10-13(23-3)11-9-12)25-17(14,18(19,20)21)16(22)24-5-2/h8-11H,4-7H2,1-3H3. The molecule has 0 radical (unpaired) electrons. The normalized spacial score (nSPS) is 19.9. The molecule has 0 bridgehead atoms. The lowest BCUT2D eigenvalue weighted by Crippen LogP contribution is -2.61. The summed E-state index contributed by atoms with van der Waals surface area (Å²) in [5.41, 5.74) is -2.62. The lowest BCUT2D eigenvalue weighted by molar-refractivity contribution is -0.259. The summed E-state index contributed by atoms with van der Waals surface area (Å²) in [5, 5.41) is 0. The number of carbonyl (C=O) groups is 1. The minimum atomic E-state index is -4.89. The molecule has 0 spiro atoms. The van der Waals surface area contributed by atoms with Crippen LogP contribution in [0.25, 0.3) is 5.76 Å². The number of carbonyl (C=O) groups excluding carboxylic acids is 1. The number of esters is 1. The van der Waals surface area contributed by atoms with Crippen molar-refractivity contribution in [2.45, 2.75) is 44.9 Å². The van der Waals surface area contributed by atoms with E-state index in [1.807, 2.05) is 6.92 Å². The van der Waals surface area contributed by atoms with Gasteiger partial charge in [0.15, 0.2) is 0 Å². The summed E-state index contributed by atoms with van der Waals surface area (Å²) >= 11 is 0. The Morgan fingerprint density at radius 3 is 2.32 bits per heavy atom. The van der Waals surface area contributed by atoms with E-state index in [-0.39, 0.29) is 24.4 Å². The number of hydrogen-bond acceptors (Lipinski definition) is 4. The molecule has 1 atom stereocenters. The van der Waals surface area contributed by atoms with Crippen molar-refractivity contribution in [2.24, 2.45) is 0 Å². The number of rotatable bonds is 7. The molecule has 1 aromatic carbocycles. The zero-order valence-corrected chi connectivity index (χ0v) is 14.4. The molecule has 138 valence electrons. The third kappa shape index (κ3) is 3.32. The molecule has 1 unspecified atom stereocenters. The van der Waals surface area contributed by atoms with Crippen LogP contribution in [0.4, 0.5) is 13.2 Å². The van der Waals surface area contributed by atoms with E-state index in [9.17, 15) is 18.0 Å². The van der Waals surface area contributed by atoms with Crippen molar-refractivity contribution in [3.8, 4) is 5.75 Å². The van der Waals surface area contributed by atoms with E-state index >= 15 is 0 Å². The van der Waals surface area contributed by atoms with E-state index in [0.717, 1.165) is 0 Å². The fourth-order valence-electron chi connectivity index (χ4n) is 2.75. The largest absolute Gasteiger partial charge is 0.497 e. The average molecular weight is 358 g/mol. The van der Waals surface area contributed by atoms with Crippen molar-refractivity contribution in [1.29, 1.82) is 0 Å². The summed E-state index contributed by atoms with van der Waals surface area (Å²) in [6.45, 7) is 3.17. The van der Waals surface area contributed by atoms with Gasteiger partial charge in [0.05, 0.1) is 13.7 Å². The first-order valence-corrected chi connectivity index (χ1v) is 8.12. The second kappa shape index (κ2) is 7.37. The van der Waals surface area contributed by atoms with Gasteiger partial charge in [-0.05, 0) is 44.0 Å². The van der Waals surface area contributed by atoms with Gasteiger partial charge in [0.2, 0.25) is 0 Å². The highest BCUT2D eigenvalue weighted by molar-refractivity contribution is 5.93. The van der Waals surface area contributed by atoms with Gasteiger partial charge in [-0.2, -0.15) is 13.2 Å². The lowest BCUT2D eigenvalue weighted by Gasteiger charge is -2.44. The number of methoxy groups -OCH3 is 1. The fourth-order valence-corrected chi connectivity index (χ4v) is 2.75. The Bertz CT molecular complexity index is 649. The predicted octanol–water partition coefficient (Wildman–Crippen LogP) is 4.49. The predicted molar refractivity (Wildman–Crippen MR) is 85.9 cm³/mol. The maximum atomic E-state index is 13.7. The Balaban J connectivity index is 2.51. The zero-order valence-electron chi connectivity index (χ0n) is 14.4. The second-order valence-corrected chi connectivity index (χ2v) is 5.64. The van der Waals surface area contributed by atoms with Gasteiger partial charge in [0, 0.05) is 11.1 Å². The summed E-state index contributed by atoms with van der Waals surface area (Å²) in [6, 6.07) is 6.46. The van der Waals surface area contributed by atoms with E-state index in [2.05, 4.69) is 4.74 Å². The van der Waals surface area contributed by atoms with Crippen LogP contribution in [0.5, 0.6) is 5.75 Å². The number of halogens is 3. The Morgan fingerprint density at radius 2 is 1.84 bits per heavy atom. The van der Waals surface area contributed by atoms with E-state index in [1.54, 1.807) is 24.3 Å². The van der Waals surface area contributed by atoms with Crippen LogP contribution in [0, 0.1) is 0 Å². The lowest BCUT2D eigenvalue weighted by atomic mass is 9.81. The highest BCUT2D eigenvalue weighted by Gasteiger charge is 2.72. The molecule has 0 N–H and O–H groups in total. The van der Waals surface area contributed by atoms with Crippen LogP contribution in [0.3, 0.4) is 0 Å². The summed E-state index contributed by atoms with van der Waals surface area (Å²) in [4.78, 5) is 12.1. The van der Waals surface area contributed by atoms with E-state index in [4.69, 9.17) is 9.47 Å². The monoisotopic (exact) mass is 358 g/mol. The van der Waals surface area contributed by atoms with Crippen LogP contribution in [0.1, 0.15) is 38.7 Å². The van der Waals surface area contributed by atoms with Gasteiger partial charge < -0.3 is 14.2 Å². The van der Waals surface area contributed by atoms with Gasteiger partial charge in [-0.1, -0.05) is 13.3 Å². The van der Waals surface area contributed by atoms with Crippen LogP contribution in [-0.4, -0.2) is 31.5 Å². The Hall–Kier alpha value is -2.18. The Morgan fingerprint density at radius 1 is 1.20 bits per heavy atom. The first-order chi connectivity index (χ1) is 11.8. The molecule has 0 saturated heterocycles. The fraction of sp³-hybridized carbons (Fsp3) is 0.500. The summed E-state index contributed by atoms with van der Waals surface area (Å²) < 4.78 is 56.0. The molecule has 0 fully saturated rings. The maximum absolute atomic E-state index is 13.7. The van der Waals surface area contributed by atoms with E-state index < -0.39 is 17.7 Å². The molecule has 1 aliphatic heterocycles. The summed E-state index contributed by atoms with van der Waals surface area (Å²) in [7, 11) is 1.50. The number of ether oxygens (including phenoxy) is 3. The number of alkyl halides is 3. The van der Waals surface area contributed by atoms with Gasteiger partial charge in [0.1, 0.15) is 11.5 Å². The van der Waals surface area contributed by atoms with Gasteiger partial charge >= 0.3 is 17.7 Å². The minimum Gasteiger partial charge on any atom is -0.497 e. The van der Waals surface area contributed by atoms with Gasteiger partial charge in [-0.3, -0.25) is 0 Å². The molecule has 0 aromatic heterocycles. The second-order valence-electron chi connectivity index (χ2n) is 5.64. The third-order valence-electron chi connectivity index (χ3n) is 4.05. The molecule has 25 heavy (non-hydrogen) atoms. The topological polar surface area (TPSA) is 44.8 Å². The van der Waals surface area contributed by atoms with Crippen LogP contribution in [0.15, 0.2) is 29.8 Å². The summed E-state index contributed by atoms with van der Waals surface area (Å²) in [6.07, 6.45) is -3.58. The van der Waals surface area contributed by atoms with Gasteiger partial charge in [-0.15, -0.1) is 0 Å². The highest BCUT2D eigenvalue weighted by Crippen LogP contribution is 2.54. The zero-order chi connectivity index (χ0) is 18.7. The van der Waals surface area contributed by atoms with Crippen molar-refractivity contribution >= 4 is 11.7 Å². The minimum absolute atomic E-state index is 0.0783. The molecule has 0 aliphatic carbocycles. The average Bonchev–Trinajstić information content (AvgIpc) is 2.54. The quantitative estimate of drug-likeness (QED) is 0.674. The van der Waals surface area contributed by atoms with Crippen molar-refractivity contribution in [3.63, 3.8) is 0 Å². The van der Waals surface area contributed by atoms with E-state index in [0.29, 0.717) is 24.2 Å². The van der Waals surface area contributed by atoms with Crippen molar-refractivity contribution in [1.82, 2.24) is 0 Å². The molecule has 0 saturated carbocycles. The molecule has 2 rings (SSSR count). The SMILES string of the molecule is CCCCC1=C(c2ccc(OC)cc2)OC1(C(=O)OCC)C(F)(F)F. The maximum Gasteiger partial charge on any atom is 0.443 e. The van der Waals surface area contributed by atoms with Crippen LogP contribution >= 0.6 is 0 Å². The molecular weight excluding hydrogens is 337 g/mol.